The molecule has 0 radical (unpaired) electrons. The van der Waals surface area contributed by atoms with Crippen molar-refractivity contribution >= 4 is 22.8 Å². The lowest BCUT2D eigenvalue weighted by Gasteiger charge is -2.12. The fourth-order valence-corrected chi connectivity index (χ4v) is 2.02. The second-order valence-electron chi connectivity index (χ2n) is 5.30. The van der Waals surface area contributed by atoms with Gasteiger partial charge in [-0.25, -0.2) is 4.79 Å². The average molecular weight is 301 g/mol. The van der Waals surface area contributed by atoms with Gasteiger partial charge in [-0.05, 0) is 31.9 Å². The molecule has 0 bridgehead atoms. The zero-order valence-corrected chi connectivity index (χ0v) is 12.0. The van der Waals surface area contributed by atoms with Crippen LogP contribution in [0.1, 0.15) is 30.3 Å². The summed E-state index contributed by atoms with van der Waals surface area (Å²) in [5.74, 6) is -1.39. The van der Waals surface area contributed by atoms with Crippen molar-refractivity contribution in [2.75, 3.05) is 0 Å². The van der Waals surface area contributed by atoms with Crippen LogP contribution in [0.25, 0.3) is 11.0 Å². The number of nitrogens with one attached hydrogen (secondary N) is 1. The summed E-state index contributed by atoms with van der Waals surface area (Å²) in [6.45, 7) is 1.48. The number of hydrogen-bond acceptors (Lipinski definition) is 5. The van der Waals surface area contributed by atoms with Gasteiger partial charge in [0, 0.05) is 12.1 Å². The Hall–Kier alpha value is -2.63. The van der Waals surface area contributed by atoms with E-state index in [2.05, 4.69) is 5.32 Å². The second-order valence-corrected chi connectivity index (χ2v) is 5.30. The SMILES string of the molecule is C[C@H](OC(=O)c1cc(=O)c2ccccc2o1)C(=O)NC1CC1. The van der Waals surface area contributed by atoms with E-state index in [1.165, 1.54) is 6.92 Å². The molecule has 1 atom stereocenters. The van der Waals surface area contributed by atoms with E-state index in [-0.39, 0.29) is 23.1 Å². The monoisotopic (exact) mass is 301 g/mol. The number of amides is 1. The van der Waals surface area contributed by atoms with Crippen molar-refractivity contribution in [2.24, 2.45) is 0 Å². The van der Waals surface area contributed by atoms with Crippen LogP contribution in [-0.4, -0.2) is 24.0 Å². The number of fused-ring (bicyclic) bond motifs is 1. The summed E-state index contributed by atoms with van der Waals surface area (Å²) in [5, 5.41) is 3.13. The van der Waals surface area contributed by atoms with Gasteiger partial charge in [-0.2, -0.15) is 0 Å². The zero-order chi connectivity index (χ0) is 15.7. The van der Waals surface area contributed by atoms with E-state index in [4.69, 9.17) is 9.15 Å². The third-order valence-electron chi connectivity index (χ3n) is 3.41. The molecule has 3 rings (SSSR count). The summed E-state index contributed by atoms with van der Waals surface area (Å²) >= 11 is 0. The maximum atomic E-state index is 12.0. The zero-order valence-electron chi connectivity index (χ0n) is 12.0. The molecule has 1 aliphatic rings. The number of ether oxygens (including phenoxy) is 1. The van der Waals surface area contributed by atoms with Gasteiger partial charge >= 0.3 is 5.97 Å². The van der Waals surface area contributed by atoms with Crippen molar-refractivity contribution in [3.63, 3.8) is 0 Å². The first kappa shape index (κ1) is 14.3. The molecule has 1 heterocycles. The summed E-state index contributed by atoms with van der Waals surface area (Å²) in [4.78, 5) is 35.7. The third-order valence-corrected chi connectivity index (χ3v) is 3.41. The lowest BCUT2D eigenvalue weighted by Crippen LogP contribution is -2.37. The van der Waals surface area contributed by atoms with E-state index in [0.29, 0.717) is 11.0 Å². The van der Waals surface area contributed by atoms with Crippen molar-refractivity contribution in [3.05, 3.63) is 46.3 Å². The van der Waals surface area contributed by atoms with Crippen LogP contribution >= 0.6 is 0 Å². The highest BCUT2D eigenvalue weighted by Crippen LogP contribution is 2.19. The van der Waals surface area contributed by atoms with E-state index >= 15 is 0 Å². The molecule has 1 N–H and O–H groups in total. The van der Waals surface area contributed by atoms with Gasteiger partial charge in [0.15, 0.2) is 11.5 Å². The Kier molecular flexibility index (Phi) is 3.66. The van der Waals surface area contributed by atoms with Crippen LogP contribution in [0.3, 0.4) is 0 Å². The standard InChI is InChI=1S/C16H15NO5/c1-9(15(19)17-10-6-7-10)21-16(20)14-8-12(18)11-4-2-3-5-13(11)22-14/h2-5,8-10H,6-7H2,1H3,(H,17,19)/t9-/m0/s1. The molecule has 1 aromatic heterocycles. The Balaban J connectivity index is 1.76. The van der Waals surface area contributed by atoms with Crippen LogP contribution < -0.4 is 10.7 Å². The molecular weight excluding hydrogens is 286 g/mol. The van der Waals surface area contributed by atoms with Crippen LogP contribution in [0.4, 0.5) is 0 Å². The molecule has 0 spiro atoms. The molecule has 0 unspecified atom stereocenters. The van der Waals surface area contributed by atoms with E-state index in [1.54, 1.807) is 24.3 Å². The maximum absolute atomic E-state index is 12.0. The number of rotatable bonds is 4. The van der Waals surface area contributed by atoms with Gasteiger partial charge in [0.2, 0.25) is 5.76 Å². The maximum Gasteiger partial charge on any atom is 0.375 e. The smallest absolute Gasteiger partial charge is 0.375 e. The highest BCUT2D eigenvalue weighted by Gasteiger charge is 2.28. The van der Waals surface area contributed by atoms with E-state index in [9.17, 15) is 14.4 Å². The largest absolute Gasteiger partial charge is 0.449 e. The van der Waals surface area contributed by atoms with Crippen LogP contribution in [-0.2, 0) is 9.53 Å². The van der Waals surface area contributed by atoms with Gasteiger partial charge in [-0.1, -0.05) is 12.1 Å². The first-order valence-electron chi connectivity index (χ1n) is 7.09. The Morgan fingerprint density at radius 2 is 2.05 bits per heavy atom. The number of carbonyl (C=O) groups is 2. The van der Waals surface area contributed by atoms with Crippen LogP contribution in [0, 0.1) is 0 Å². The normalized spacial score (nSPS) is 15.3. The minimum atomic E-state index is -0.940. The molecule has 22 heavy (non-hydrogen) atoms. The summed E-state index contributed by atoms with van der Waals surface area (Å²) < 4.78 is 10.4. The summed E-state index contributed by atoms with van der Waals surface area (Å²) in [6, 6.07) is 7.88. The quantitative estimate of drug-likeness (QED) is 0.867. The van der Waals surface area contributed by atoms with Crippen molar-refractivity contribution in [1.82, 2.24) is 5.32 Å². The minimum absolute atomic E-state index is 0.187. The molecule has 2 aromatic rings. The van der Waals surface area contributed by atoms with Crippen LogP contribution in [0.2, 0.25) is 0 Å². The van der Waals surface area contributed by atoms with Crippen molar-refractivity contribution < 1.29 is 18.7 Å². The van der Waals surface area contributed by atoms with Gasteiger partial charge < -0.3 is 14.5 Å². The third kappa shape index (κ3) is 3.00. The van der Waals surface area contributed by atoms with E-state index in [0.717, 1.165) is 18.9 Å². The molecule has 6 nitrogen and oxygen atoms in total. The Morgan fingerprint density at radius 1 is 1.32 bits per heavy atom. The molecule has 1 aromatic carbocycles. The fraction of sp³-hybridized carbons (Fsp3) is 0.312. The van der Waals surface area contributed by atoms with E-state index in [1.807, 2.05) is 0 Å². The molecule has 1 amide bonds. The van der Waals surface area contributed by atoms with Crippen molar-refractivity contribution in [1.29, 1.82) is 0 Å². The predicted molar refractivity (Wildman–Crippen MR) is 78.5 cm³/mol. The van der Waals surface area contributed by atoms with Gasteiger partial charge in [-0.3, -0.25) is 9.59 Å². The van der Waals surface area contributed by atoms with Gasteiger partial charge in [0.1, 0.15) is 5.58 Å². The molecule has 1 fully saturated rings. The number of carbonyl (C=O) groups excluding carboxylic acids is 2. The summed E-state index contributed by atoms with van der Waals surface area (Å²) in [7, 11) is 0. The Labute approximate surface area is 126 Å². The first-order valence-corrected chi connectivity index (χ1v) is 7.09. The highest BCUT2D eigenvalue weighted by atomic mass is 16.6. The summed E-state index contributed by atoms with van der Waals surface area (Å²) in [6.07, 6.45) is 0.961. The lowest BCUT2D eigenvalue weighted by atomic mass is 10.2. The molecule has 1 saturated carbocycles. The number of para-hydroxylation sites is 1. The van der Waals surface area contributed by atoms with Crippen molar-refractivity contribution in [3.8, 4) is 0 Å². The first-order chi connectivity index (χ1) is 10.5. The van der Waals surface area contributed by atoms with Gasteiger partial charge in [0.05, 0.1) is 5.39 Å². The van der Waals surface area contributed by atoms with E-state index < -0.39 is 12.1 Å². The van der Waals surface area contributed by atoms with Gasteiger partial charge in [-0.15, -0.1) is 0 Å². The number of hydrogen-bond donors (Lipinski definition) is 1. The molecule has 114 valence electrons. The van der Waals surface area contributed by atoms with Gasteiger partial charge in [0.25, 0.3) is 5.91 Å². The summed E-state index contributed by atoms with van der Waals surface area (Å²) in [5.41, 5.74) is -0.0269. The van der Waals surface area contributed by atoms with Crippen molar-refractivity contribution in [2.45, 2.75) is 31.9 Å². The van der Waals surface area contributed by atoms with Crippen LogP contribution in [0.5, 0.6) is 0 Å². The predicted octanol–water partition coefficient (Wildman–Crippen LogP) is 1.62. The molecular formula is C16H15NO5. The molecule has 6 heteroatoms. The molecule has 0 saturated heterocycles. The number of esters is 1. The Morgan fingerprint density at radius 3 is 2.77 bits per heavy atom. The number of benzene rings is 1. The second kappa shape index (κ2) is 5.63. The lowest BCUT2D eigenvalue weighted by molar-refractivity contribution is -0.129. The molecule has 1 aliphatic carbocycles. The Bertz CT molecular complexity index is 790. The average Bonchev–Trinajstić information content (AvgIpc) is 3.31. The topological polar surface area (TPSA) is 85.6 Å². The minimum Gasteiger partial charge on any atom is -0.449 e. The molecule has 0 aliphatic heterocycles. The van der Waals surface area contributed by atoms with Crippen LogP contribution in [0.15, 0.2) is 39.5 Å². The highest BCUT2D eigenvalue weighted by molar-refractivity contribution is 5.91. The fourth-order valence-electron chi connectivity index (χ4n) is 2.02.